The number of hydrogen-bond donors (Lipinski definition) is 0. The van der Waals surface area contributed by atoms with Crippen molar-refractivity contribution >= 4 is 0 Å². The molecule has 0 spiro atoms. The Morgan fingerprint density at radius 3 is 2.30 bits per heavy atom. The Labute approximate surface area is 124 Å². The van der Waals surface area contributed by atoms with E-state index in [1.165, 1.54) is 11.1 Å². The van der Waals surface area contributed by atoms with Crippen LogP contribution in [0.3, 0.4) is 0 Å². The molecule has 108 valence electrons. The van der Waals surface area contributed by atoms with E-state index in [4.69, 9.17) is 4.74 Å². The maximum Gasteiger partial charge on any atom is 0.121 e. The molecule has 0 bridgehead atoms. The van der Waals surface area contributed by atoms with E-state index in [-0.39, 0.29) is 0 Å². The van der Waals surface area contributed by atoms with Gasteiger partial charge in [-0.3, -0.25) is 0 Å². The molecule has 1 aromatic carbocycles. The highest BCUT2D eigenvalue weighted by Crippen LogP contribution is 2.17. The Morgan fingerprint density at radius 1 is 1.25 bits per heavy atom. The third-order valence-electron chi connectivity index (χ3n) is 2.73. The second-order valence-electron chi connectivity index (χ2n) is 4.61. The van der Waals surface area contributed by atoms with Gasteiger partial charge in [-0.1, -0.05) is 60.7 Å². The van der Waals surface area contributed by atoms with Crippen molar-refractivity contribution in [2.75, 3.05) is 7.11 Å². The van der Waals surface area contributed by atoms with Crippen LogP contribution in [0.4, 0.5) is 0 Å². The molecule has 0 saturated heterocycles. The molecule has 0 atom stereocenters. The van der Waals surface area contributed by atoms with Gasteiger partial charge in [-0.05, 0) is 44.9 Å². The molecule has 0 amide bonds. The third-order valence-corrected chi connectivity index (χ3v) is 2.73. The minimum absolute atomic E-state index is 0.964. The normalized spacial score (nSPS) is 10.8. The van der Waals surface area contributed by atoms with E-state index in [1.54, 1.807) is 7.11 Å². The van der Waals surface area contributed by atoms with Gasteiger partial charge in [-0.2, -0.15) is 0 Å². The van der Waals surface area contributed by atoms with Crippen molar-refractivity contribution in [3.05, 3.63) is 77.9 Å². The van der Waals surface area contributed by atoms with Gasteiger partial charge < -0.3 is 4.74 Å². The molecule has 1 nitrogen and oxygen atoms in total. The topological polar surface area (TPSA) is 9.23 Å². The highest BCUT2D eigenvalue weighted by Gasteiger charge is 1.94. The molecule has 0 aliphatic rings. The second kappa shape index (κ2) is 9.85. The minimum Gasteiger partial charge on any atom is -0.496 e. The summed E-state index contributed by atoms with van der Waals surface area (Å²) in [5.74, 6) is 0.964. The first-order valence-corrected chi connectivity index (χ1v) is 6.68. The maximum absolute atomic E-state index is 5.10. The molecule has 1 heteroatoms. The van der Waals surface area contributed by atoms with Crippen LogP contribution in [0.25, 0.3) is 0 Å². The van der Waals surface area contributed by atoms with E-state index >= 15 is 0 Å². The SMILES string of the molecule is C=C/C(=C\C=C/C)C(=C)C.COc1ccc(C)cc1C. The van der Waals surface area contributed by atoms with Crippen LogP contribution in [-0.2, 0) is 0 Å². The van der Waals surface area contributed by atoms with Crippen molar-refractivity contribution in [2.45, 2.75) is 27.7 Å². The van der Waals surface area contributed by atoms with Crippen molar-refractivity contribution in [3.63, 3.8) is 0 Å². The van der Waals surface area contributed by atoms with Gasteiger partial charge in [0.2, 0.25) is 0 Å². The highest BCUT2D eigenvalue weighted by atomic mass is 16.5. The third kappa shape index (κ3) is 6.79. The van der Waals surface area contributed by atoms with E-state index in [2.05, 4.69) is 26.1 Å². The van der Waals surface area contributed by atoms with Crippen LogP contribution in [0.2, 0.25) is 0 Å². The summed E-state index contributed by atoms with van der Waals surface area (Å²) in [6, 6.07) is 6.15. The Kier molecular flexibility index (Phi) is 8.86. The first-order valence-electron chi connectivity index (χ1n) is 6.68. The highest BCUT2D eigenvalue weighted by molar-refractivity contribution is 5.37. The fraction of sp³-hybridized carbons (Fsp3) is 0.263. The standard InChI is InChI=1S/C10H14.C9H12O/c1-5-7-8-10(6-2)9(3)4;1-7-4-5-9(10-3)8(2)6-7/h5-8H,2-3H2,1,4H3;4-6H,1-3H3/b7-5-,10-8+;. The largest absolute Gasteiger partial charge is 0.496 e. The van der Waals surface area contributed by atoms with E-state index < -0.39 is 0 Å². The van der Waals surface area contributed by atoms with Crippen molar-refractivity contribution < 1.29 is 4.74 Å². The van der Waals surface area contributed by atoms with Crippen LogP contribution in [0.1, 0.15) is 25.0 Å². The minimum atomic E-state index is 0.964. The van der Waals surface area contributed by atoms with Crippen LogP contribution in [0, 0.1) is 13.8 Å². The first-order chi connectivity index (χ1) is 9.46. The van der Waals surface area contributed by atoms with Crippen LogP contribution in [0.5, 0.6) is 5.75 Å². The molecule has 0 radical (unpaired) electrons. The summed E-state index contributed by atoms with van der Waals surface area (Å²) in [5.41, 5.74) is 4.62. The lowest BCUT2D eigenvalue weighted by Crippen LogP contribution is -1.86. The van der Waals surface area contributed by atoms with E-state index in [1.807, 2.05) is 57.2 Å². The van der Waals surface area contributed by atoms with Crippen molar-refractivity contribution in [1.82, 2.24) is 0 Å². The Balaban J connectivity index is 0.000000361. The molecular formula is C19H26O. The molecule has 20 heavy (non-hydrogen) atoms. The van der Waals surface area contributed by atoms with Crippen LogP contribution >= 0.6 is 0 Å². The quantitative estimate of drug-likeness (QED) is 0.650. The molecule has 0 unspecified atom stereocenters. The van der Waals surface area contributed by atoms with Crippen LogP contribution < -0.4 is 4.74 Å². The summed E-state index contributed by atoms with van der Waals surface area (Å²) in [7, 11) is 1.69. The van der Waals surface area contributed by atoms with Crippen LogP contribution in [-0.4, -0.2) is 7.11 Å². The smallest absolute Gasteiger partial charge is 0.121 e. The zero-order valence-electron chi connectivity index (χ0n) is 13.4. The van der Waals surface area contributed by atoms with E-state index in [0.717, 1.165) is 16.9 Å². The van der Waals surface area contributed by atoms with Crippen LogP contribution in [0.15, 0.2) is 66.8 Å². The van der Waals surface area contributed by atoms with Gasteiger partial charge in [-0.15, -0.1) is 0 Å². The number of rotatable bonds is 4. The Bertz CT molecular complexity index is 504. The second-order valence-corrected chi connectivity index (χ2v) is 4.61. The number of allylic oxidation sites excluding steroid dienone is 6. The van der Waals surface area contributed by atoms with Gasteiger partial charge >= 0.3 is 0 Å². The zero-order valence-corrected chi connectivity index (χ0v) is 13.4. The van der Waals surface area contributed by atoms with Gasteiger partial charge in [-0.25, -0.2) is 0 Å². The van der Waals surface area contributed by atoms with Crippen molar-refractivity contribution in [3.8, 4) is 5.75 Å². The summed E-state index contributed by atoms with van der Waals surface area (Å²) in [4.78, 5) is 0. The summed E-state index contributed by atoms with van der Waals surface area (Å²) >= 11 is 0. The number of ether oxygens (including phenoxy) is 1. The summed E-state index contributed by atoms with van der Waals surface area (Å²) < 4.78 is 5.10. The van der Waals surface area contributed by atoms with Gasteiger partial charge in [0.25, 0.3) is 0 Å². The summed E-state index contributed by atoms with van der Waals surface area (Å²) in [6.07, 6.45) is 7.76. The van der Waals surface area contributed by atoms with Gasteiger partial charge in [0.15, 0.2) is 0 Å². The fourth-order valence-corrected chi connectivity index (χ4v) is 1.61. The number of hydrogen-bond acceptors (Lipinski definition) is 1. The molecule has 0 saturated carbocycles. The Morgan fingerprint density at radius 2 is 1.90 bits per heavy atom. The lowest BCUT2D eigenvalue weighted by molar-refractivity contribution is 0.411. The molecule has 1 rings (SSSR count). The average molecular weight is 270 g/mol. The average Bonchev–Trinajstić information content (AvgIpc) is 2.40. The molecule has 0 heterocycles. The molecular weight excluding hydrogens is 244 g/mol. The summed E-state index contributed by atoms with van der Waals surface area (Å²) in [5, 5.41) is 0. The van der Waals surface area contributed by atoms with Gasteiger partial charge in [0.05, 0.1) is 7.11 Å². The van der Waals surface area contributed by atoms with E-state index in [9.17, 15) is 0 Å². The summed E-state index contributed by atoms with van der Waals surface area (Å²) in [6.45, 7) is 15.6. The van der Waals surface area contributed by atoms with Gasteiger partial charge in [0.1, 0.15) is 5.75 Å². The predicted octanol–water partition coefficient (Wildman–Crippen LogP) is 5.56. The van der Waals surface area contributed by atoms with Gasteiger partial charge in [0, 0.05) is 0 Å². The zero-order chi connectivity index (χ0) is 15.5. The molecule has 0 aliphatic heterocycles. The predicted molar refractivity (Wildman–Crippen MR) is 90.4 cm³/mol. The van der Waals surface area contributed by atoms with E-state index in [0.29, 0.717) is 0 Å². The molecule has 1 aromatic rings. The monoisotopic (exact) mass is 270 g/mol. The molecule has 0 N–H and O–H groups in total. The van der Waals surface area contributed by atoms with Crippen molar-refractivity contribution in [2.24, 2.45) is 0 Å². The molecule has 0 aromatic heterocycles. The fourth-order valence-electron chi connectivity index (χ4n) is 1.61. The number of benzene rings is 1. The Hall–Kier alpha value is -2.02. The lowest BCUT2D eigenvalue weighted by Gasteiger charge is -2.03. The number of methoxy groups -OCH3 is 1. The van der Waals surface area contributed by atoms with Crippen molar-refractivity contribution in [1.29, 1.82) is 0 Å². The first kappa shape index (κ1) is 18.0. The number of aryl methyl sites for hydroxylation is 2. The maximum atomic E-state index is 5.10. The lowest BCUT2D eigenvalue weighted by atomic mass is 10.1. The molecule has 0 aliphatic carbocycles. The molecule has 0 fully saturated rings.